The predicted octanol–water partition coefficient (Wildman–Crippen LogP) is 2.52. The van der Waals surface area contributed by atoms with E-state index in [2.05, 4.69) is 15.9 Å². The lowest BCUT2D eigenvalue weighted by Gasteiger charge is -2.05. The average Bonchev–Trinajstić information content (AvgIpc) is 2.17. The SMILES string of the molecule is CC(=O)C(Br)c1ccc(C=O)cc1. The highest BCUT2D eigenvalue weighted by Gasteiger charge is 2.11. The van der Waals surface area contributed by atoms with Gasteiger partial charge in [0.15, 0.2) is 0 Å². The van der Waals surface area contributed by atoms with Crippen LogP contribution in [-0.4, -0.2) is 12.1 Å². The highest BCUT2D eigenvalue weighted by molar-refractivity contribution is 9.09. The third-order valence-electron chi connectivity index (χ3n) is 1.72. The Bertz CT molecular complexity index is 316. The molecule has 68 valence electrons. The number of aldehydes is 1. The molecule has 2 nitrogen and oxygen atoms in total. The zero-order chi connectivity index (χ0) is 9.84. The average molecular weight is 241 g/mol. The molecule has 0 spiro atoms. The van der Waals surface area contributed by atoms with Gasteiger partial charge in [-0.15, -0.1) is 0 Å². The van der Waals surface area contributed by atoms with Crippen molar-refractivity contribution in [1.82, 2.24) is 0 Å². The maximum atomic E-state index is 11.0. The fourth-order valence-corrected chi connectivity index (χ4v) is 1.28. The number of benzene rings is 1. The number of hydrogen-bond donors (Lipinski definition) is 0. The fourth-order valence-electron chi connectivity index (χ4n) is 0.978. The van der Waals surface area contributed by atoms with E-state index in [9.17, 15) is 9.59 Å². The Morgan fingerprint density at radius 3 is 2.31 bits per heavy atom. The summed E-state index contributed by atoms with van der Waals surface area (Å²) in [4.78, 5) is 21.1. The van der Waals surface area contributed by atoms with Crippen molar-refractivity contribution in [2.45, 2.75) is 11.8 Å². The Balaban J connectivity index is 2.91. The molecule has 0 aliphatic carbocycles. The van der Waals surface area contributed by atoms with E-state index < -0.39 is 0 Å². The maximum absolute atomic E-state index is 11.0. The summed E-state index contributed by atoms with van der Waals surface area (Å²) in [5, 5.41) is 0. The molecule has 0 saturated carbocycles. The van der Waals surface area contributed by atoms with Crippen molar-refractivity contribution in [1.29, 1.82) is 0 Å². The van der Waals surface area contributed by atoms with Gasteiger partial charge in [-0.3, -0.25) is 9.59 Å². The lowest BCUT2D eigenvalue weighted by atomic mass is 10.1. The topological polar surface area (TPSA) is 34.1 Å². The van der Waals surface area contributed by atoms with Gasteiger partial charge in [0.25, 0.3) is 0 Å². The van der Waals surface area contributed by atoms with Gasteiger partial charge < -0.3 is 0 Å². The lowest BCUT2D eigenvalue weighted by Crippen LogP contribution is -2.00. The summed E-state index contributed by atoms with van der Waals surface area (Å²) in [6.07, 6.45) is 0.779. The van der Waals surface area contributed by atoms with Crippen LogP contribution in [0.15, 0.2) is 24.3 Å². The first-order valence-corrected chi connectivity index (χ1v) is 4.76. The third-order valence-corrected chi connectivity index (χ3v) is 2.90. The van der Waals surface area contributed by atoms with Crippen LogP contribution >= 0.6 is 15.9 Å². The van der Waals surface area contributed by atoms with Crippen LogP contribution in [0.2, 0.25) is 0 Å². The molecule has 1 rings (SSSR count). The minimum atomic E-state index is -0.270. The third kappa shape index (κ3) is 2.49. The van der Waals surface area contributed by atoms with Gasteiger partial charge in [0.1, 0.15) is 12.1 Å². The van der Waals surface area contributed by atoms with Gasteiger partial charge in [0, 0.05) is 5.56 Å². The molecule has 13 heavy (non-hydrogen) atoms. The Morgan fingerprint density at radius 2 is 1.92 bits per heavy atom. The maximum Gasteiger partial charge on any atom is 0.150 e. The van der Waals surface area contributed by atoms with E-state index >= 15 is 0 Å². The molecule has 0 aliphatic rings. The minimum absolute atomic E-state index is 0.0545. The Kier molecular flexibility index (Phi) is 3.37. The van der Waals surface area contributed by atoms with Gasteiger partial charge in [-0.1, -0.05) is 40.2 Å². The molecular weight excluding hydrogens is 232 g/mol. The number of hydrogen-bond acceptors (Lipinski definition) is 2. The van der Waals surface area contributed by atoms with Crippen LogP contribution in [0.25, 0.3) is 0 Å². The minimum Gasteiger partial charge on any atom is -0.298 e. The first-order valence-electron chi connectivity index (χ1n) is 3.85. The summed E-state index contributed by atoms with van der Waals surface area (Å²) in [6.45, 7) is 1.52. The van der Waals surface area contributed by atoms with Crippen LogP contribution < -0.4 is 0 Å². The van der Waals surface area contributed by atoms with Crippen molar-refractivity contribution in [3.8, 4) is 0 Å². The van der Waals surface area contributed by atoms with Gasteiger partial charge in [-0.2, -0.15) is 0 Å². The summed E-state index contributed by atoms with van der Waals surface area (Å²) in [7, 11) is 0. The summed E-state index contributed by atoms with van der Waals surface area (Å²) in [5.41, 5.74) is 1.49. The number of halogens is 1. The molecular formula is C10H9BrO2. The van der Waals surface area contributed by atoms with Gasteiger partial charge >= 0.3 is 0 Å². The molecule has 0 amide bonds. The molecule has 0 aromatic heterocycles. The first kappa shape index (κ1) is 10.1. The zero-order valence-electron chi connectivity index (χ0n) is 7.16. The second-order valence-corrected chi connectivity index (χ2v) is 3.67. The monoisotopic (exact) mass is 240 g/mol. The molecule has 1 unspecified atom stereocenters. The van der Waals surface area contributed by atoms with Gasteiger partial charge in [0.2, 0.25) is 0 Å². The van der Waals surface area contributed by atoms with Crippen molar-refractivity contribution < 1.29 is 9.59 Å². The van der Waals surface area contributed by atoms with Crippen molar-refractivity contribution in [3.05, 3.63) is 35.4 Å². The smallest absolute Gasteiger partial charge is 0.150 e. The van der Waals surface area contributed by atoms with Gasteiger partial charge in [-0.05, 0) is 12.5 Å². The van der Waals surface area contributed by atoms with Crippen LogP contribution in [0, 0.1) is 0 Å². The van der Waals surface area contributed by atoms with E-state index in [0.29, 0.717) is 5.56 Å². The molecule has 0 N–H and O–H groups in total. The number of Topliss-reactive ketones (excluding diaryl/α,β-unsaturated/α-hetero) is 1. The number of rotatable bonds is 3. The van der Waals surface area contributed by atoms with Crippen LogP contribution in [0.3, 0.4) is 0 Å². The van der Waals surface area contributed by atoms with Crippen LogP contribution in [-0.2, 0) is 4.79 Å². The van der Waals surface area contributed by atoms with E-state index in [1.807, 2.05) is 0 Å². The van der Waals surface area contributed by atoms with E-state index in [1.165, 1.54) is 6.92 Å². The molecule has 1 atom stereocenters. The Morgan fingerprint density at radius 1 is 1.38 bits per heavy atom. The van der Waals surface area contributed by atoms with Crippen molar-refractivity contribution in [2.24, 2.45) is 0 Å². The zero-order valence-corrected chi connectivity index (χ0v) is 8.74. The van der Waals surface area contributed by atoms with Crippen molar-refractivity contribution in [2.75, 3.05) is 0 Å². The van der Waals surface area contributed by atoms with Crippen molar-refractivity contribution >= 4 is 28.0 Å². The normalized spacial score (nSPS) is 12.2. The molecule has 0 heterocycles. The summed E-state index contributed by atoms with van der Waals surface area (Å²) in [5.74, 6) is 0.0545. The number of carbonyl (C=O) groups is 2. The highest BCUT2D eigenvalue weighted by atomic mass is 79.9. The Labute approximate surface area is 85.1 Å². The number of ketones is 1. The van der Waals surface area contributed by atoms with Crippen LogP contribution in [0.5, 0.6) is 0 Å². The summed E-state index contributed by atoms with van der Waals surface area (Å²) >= 11 is 3.26. The fraction of sp³-hybridized carbons (Fsp3) is 0.200. The van der Waals surface area contributed by atoms with Crippen LogP contribution in [0.4, 0.5) is 0 Å². The second-order valence-electron chi connectivity index (χ2n) is 2.76. The molecule has 0 radical (unpaired) electrons. The molecule has 1 aromatic carbocycles. The lowest BCUT2D eigenvalue weighted by molar-refractivity contribution is -0.116. The number of alkyl halides is 1. The Hall–Kier alpha value is -0.960. The highest BCUT2D eigenvalue weighted by Crippen LogP contribution is 2.23. The quantitative estimate of drug-likeness (QED) is 0.601. The van der Waals surface area contributed by atoms with Crippen LogP contribution in [0.1, 0.15) is 27.7 Å². The van der Waals surface area contributed by atoms with E-state index in [-0.39, 0.29) is 10.6 Å². The molecule has 0 saturated heterocycles. The standard InChI is InChI=1S/C10H9BrO2/c1-7(13)10(11)9-4-2-8(6-12)3-5-9/h2-6,10H,1H3. The number of carbonyl (C=O) groups excluding carboxylic acids is 2. The molecule has 0 aliphatic heterocycles. The molecule has 0 fully saturated rings. The molecule has 1 aromatic rings. The molecule has 3 heteroatoms. The van der Waals surface area contributed by atoms with Gasteiger partial charge in [-0.25, -0.2) is 0 Å². The summed E-state index contributed by atoms with van der Waals surface area (Å²) < 4.78 is 0. The van der Waals surface area contributed by atoms with E-state index in [1.54, 1.807) is 24.3 Å². The first-order chi connectivity index (χ1) is 6.15. The largest absolute Gasteiger partial charge is 0.298 e. The van der Waals surface area contributed by atoms with Crippen molar-refractivity contribution in [3.63, 3.8) is 0 Å². The van der Waals surface area contributed by atoms with E-state index in [0.717, 1.165) is 11.8 Å². The molecule has 0 bridgehead atoms. The van der Waals surface area contributed by atoms with Gasteiger partial charge in [0.05, 0.1) is 4.83 Å². The predicted molar refractivity (Wildman–Crippen MR) is 54.2 cm³/mol. The summed E-state index contributed by atoms with van der Waals surface area (Å²) in [6, 6.07) is 6.92. The second kappa shape index (κ2) is 4.33. The van der Waals surface area contributed by atoms with E-state index in [4.69, 9.17) is 0 Å².